The Balaban J connectivity index is 1.53. The predicted molar refractivity (Wildman–Crippen MR) is 80.8 cm³/mol. The summed E-state index contributed by atoms with van der Waals surface area (Å²) in [7, 11) is 2.20. The van der Waals surface area contributed by atoms with Gasteiger partial charge in [0.1, 0.15) is 5.01 Å². The third-order valence-corrected chi connectivity index (χ3v) is 4.56. The van der Waals surface area contributed by atoms with E-state index < -0.39 is 0 Å². The van der Waals surface area contributed by atoms with Crippen LogP contribution in [0, 0.1) is 0 Å². The van der Waals surface area contributed by atoms with Crippen LogP contribution in [0.4, 0.5) is 5.95 Å². The number of hydrogen-bond donors (Lipinski definition) is 0. The Bertz CT molecular complexity index is 508. The van der Waals surface area contributed by atoms with Crippen molar-refractivity contribution in [3.05, 3.63) is 35.0 Å². The van der Waals surface area contributed by atoms with Gasteiger partial charge in [-0.3, -0.25) is 4.90 Å². The lowest BCUT2D eigenvalue weighted by Gasteiger charge is -2.36. The molecule has 0 amide bonds. The van der Waals surface area contributed by atoms with Gasteiger partial charge in [0.15, 0.2) is 0 Å². The Morgan fingerprint density at radius 3 is 2.60 bits per heavy atom. The molecule has 2 aromatic rings. The second kappa shape index (κ2) is 6.28. The van der Waals surface area contributed by atoms with Crippen molar-refractivity contribution >= 4 is 17.3 Å². The maximum Gasteiger partial charge on any atom is 0.225 e. The van der Waals surface area contributed by atoms with E-state index in [1.54, 1.807) is 11.3 Å². The van der Waals surface area contributed by atoms with Crippen LogP contribution in [0.15, 0.2) is 30.0 Å². The van der Waals surface area contributed by atoms with Crippen molar-refractivity contribution < 1.29 is 0 Å². The van der Waals surface area contributed by atoms with Gasteiger partial charge in [0, 0.05) is 43.1 Å². The minimum Gasteiger partial charge on any atom is -0.341 e. The molecule has 3 rings (SSSR count). The van der Waals surface area contributed by atoms with E-state index in [-0.39, 0.29) is 0 Å². The Kier molecular flexibility index (Phi) is 4.22. The van der Waals surface area contributed by atoms with Crippen molar-refractivity contribution in [2.75, 3.05) is 25.0 Å². The van der Waals surface area contributed by atoms with Crippen LogP contribution in [0.2, 0.25) is 0 Å². The molecular formula is C14H19N5S. The highest BCUT2D eigenvalue weighted by Gasteiger charge is 2.23. The van der Waals surface area contributed by atoms with Crippen molar-refractivity contribution in [2.45, 2.75) is 25.4 Å². The molecule has 0 aliphatic carbocycles. The summed E-state index contributed by atoms with van der Waals surface area (Å²) in [5, 5.41) is 3.24. The van der Waals surface area contributed by atoms with Crippen LogP contribution < -0.4 is 4.90 Å². The molecule has 1 aliphatic heterocycles. The number of thiazole rings is 1. The molecule has 0 unspecified atom stereocenters. The molecule has 0 N–H and O–H groups in total. The molecule has 2 aromatic heterocycles. The van der Waals surface area contributed by atoms with Crippen molar-refractivity contribution in [1.29, 1.82) is 0 Å². The summed E-state index contributed by atoms with van der Waals surface area (Å²) in [6, 6.07) is 2.48. The molecule has 20 heavy (non-hydrogen) atoms. The normalized spacial score (nSPS) is 16.8. The summed E-state index contributed by atoms with van der Waals surface area (Å²) in [6.45, 7) is 3.00. The third-order valence-electron chi connectivity index (χ3n) is 3.79. The largest absolute Gasteiger partial charge is 0.341 e. The third kappa shape index (κ3) is 3.13. The van der Waals surface area contributed by atoms with Gasteiger partial charge in [-0.25, -0.2) is 15.0 Å². The van der Waals surface area contributed by atoms with E-state index in [1.165, 1.54) is 5.01 Å². The van der Waals surface area contributed by atoms with Crippen LogP contribution in [0.25, 0.3) is 0 Å². The highest BCUT2D eigenvalue weighted by molar-refractivity contribution is 7.09. The molecule has 0 saturated carbocycles. The van der Waals surface area contributed by atoms with Crippen LogP contribution in [0.3, 0.4) is 0 Å². The average molecular weight is 289 g/mol. The number of nitrogens with zero attached hydrogens (tertiary/aromatic N) is 5. The highest BCUT2D eigenvalue weighted by atomic mass is 32.1. The number of anilines is 1. The average Bonchev–Trinajstić information content (AvgIpc) is 3.01. The molecule has 1 saturated heterocycles. The van der Waals surface area contributed by atoms with Crippen molar-refractivity contribution in [2.24, 2.45) is 0 Å². The first kappa shape index (κ1) is 13.5. The minimum absolute atomic E-state index is 0.624. The summed E-state index contributed by atoms with van der Waals surface area (Å²) < 4.78 is 0. The fraction of sp³-hybridized carbons (Fsp3) is 0.500. The lowest BCUT2D eigenvalue weighted by Crippen LogP contribution is -2.43. The van der Waals surface area contributed by atoms with E-state index in [0.717, 1.165) is 38.4 Å². The molecule has 0 spiro atoms. The maximum atomic E-state index is 4.36. The number of hydrogen-bond acceptors (Lipinski definition) is 6. The van der Waals surface area contributed by atoms with Crippen molar-refractivity contribution in [1.82, 2.24) is 19.9 Å². The summed E-state index contributed by atoms with van der Waals surface area (Å²) >= 11 is 1.73. The Hall–Kier alpha value is -1.53. The van der Waals surface area contributed by atoms with Crippen LogP contribution >= 0.6 is 11.3 Å². The Labute approximate surface area is 123 Å². The molecule has 0 bridgehead atoms. The lowest BCUT2D eigenvalue weighted by atomic mass is 10.0. The van der Waals surface area contributed by atoms with Gasteiger partial charge in [-0.15, -0.1) is 11.3 Å². The molecular weight excluding hydrogens is 270 g/mol. The summed E-state index contributed by atoms with van der Waals surface area (Å²) in [4.78, 5) is 17.7. The zero-order chi connectivity index (χ0) is 13.8. The standard InChI is InChI=1S/C14H19N5S/c1-18(11-13-15-7-10-20-13)12-3-8-19(9-4-12)14-16-5-2-6-17-14/h2,5-7,10,12H,3-4,8-9,11H2,1H3. The molecule has 1 fully saturated rings. The zero-order valence-corrected chi connectivity index (χ0v) is 12.5. The lowest BCUT2D eigenvalue weighted by molar-refractivity contribution is 0.199. The molecule has 5 nitrogen and oxygen atoms in total. The molecule has 106 valence electrons. The second-order valence-corrected chi connectivity index (χ2v) is 6.09. The SMILES string of the molecule is CN(Cc1nccs1)C1CCN(c2ncccn2)CC1. The van der Waals surface area contributed by atoms with E-state index in [4.69, 9.17) is 0 Å². The monoisotopic (exact) mass is 289 g/mol. The van der Waals surface area contributed by atoms with E-state index >= 15 is 0 Å². The van der Waals surface area contributed by atoms with Gasteiger partial charge in [0.05, 0.1) is 6.54 Å². The Morgan fingerprint density at radius 1 is 1.20 bits per heavy atom. The van der Waals surface area contributed by atoms with E-state index in [2.05, 4.69) is 31.8 Å². The smallest absolute Gasteiger partial charge is 0.225 e. The van der Waals surface area contributed by atoms with Gasteiger partial charge in [-0.1, -0.05) is 0 Å². The topological polar surface area (TPSA) is 45.2 Å². The molecule has 0 aromatic carbocycles. The summed E-state index contributed by atoms with van der Waals surface area (Å²) in [5.74, 6) is 0.855. The highest BCUT2D eigenvalue weighted by Crippen LogP contribution is 2.20. The zero-order valence-electron chi connectivity index (χ0n) is 11.6. The first-order chi connectivity index (χ1) is 9.83. The Morgan fingerprint density at radius 2 is 1.95 bits per heavy atom. The van der Waals surface area contributed by atoms with Gasteiger partial charge in [-0.05, 0) is 26.0 Å². The van der Waals surface area contributed by atoms with Gasteiger partial charge in [-0.2, -0.15) is 0 Å². The quantitative estimate of drug-likeness (QED) is 0.862. The fourth-order valence-electron chi connectivity index (χ4n) is 2.63. The number of aromatic nitrogens is 3. The van der Waals surface area contributed by atoms with Gasteiger partial charge >= 0.3 is 0 Å². The van der Waals surface area contributed by atoms with Crippen LogP contribution in [-0.2, 0) is 6.54 Å². The maximum absolute atomic E-state index is 4.36. The first-order valence-corrected chi connectivity index (χ1v) is 7.81. The van der Waals surface area contributed by atoms with E-state index in [9.17, 15) is 0 Å². The van der Waals surface area contributed by atoms with Gasteiger partial charge in [0.25, 0.3) is 0 Å². The van der Waals surface area contributed by atoms with Crippen molar-refractivity contribution in [3.63, 3.8) is 0 Å². The second-order valence-electron chi connectivity index (χ2n) is 5.11. The summed E-state index contributed by atoms with van der Waals surface area (Å²) in [6.07, 6.45) is 7.80. The van der Waals surface area contributed by atoms with Gasteiger partial charge < -0.3 is 4.90 Å². The first-order valence-electron chi connectivity index (χ1n) is 6.93. The van der Waals surface area contributed by atoms with E-state index in [1.807, 2.05) is 30.0 Å². The number of rotatable bonds is 4. The van der Waals surface area contributed by atoms with Crippen LogP contribution in [-0.4, -0.2) is 46.0 Å². The molecule has 6 heteroatoms. The van der Waals surface area contributed by atoms with Crippen molar-refractivity contribution in [3.8, 4) is 0 Å². The molecule has 0 radical (unpaired) electrons. The predicted octanol–water partition coefficient (Wildman–Crippen LogP) is 2.03. The van der Waals surface area contributed by atoms with Crippen LogP contribution in [0.1, 0.15) is 17.8 Å². The summed E-state index contributed by atoms with van der Waals surface area (Å²) in [5.41, 5.74) is 0. The fourth-order valence-corrected chi connectivity index (χ4v) is 3.31. The van der Waals surface area contributed by atoms with Crippen LogP contribution in [0.5, 0.6) is 0 Å². The van der Waals surface area contributed by atoms with Gasteiger partial charge in [0.2, 0.25) is 5.95 Å². The number of piperidine rings is 1. The molecule has 0 atom stereocenters. The molecule has 3 heterocycles. The minimum atomic E-state index is 0.624. The van der Waals surface area contributed by atoms with E-state index in [0.29, 0.717) is 6.04 Å². The molecule has 1 aliphatic rings.